The van der Waals surface area contributed by atoms with Gasteiger partial charge in [-0.2, -0.15) is 0 Å². The Kier molecular flexibility index (Phi) is 9.71. The van der Waals surface area contributed by atoms with Crippen LogP contribution in [0.4, 0.5) is 4.39 Å². The molecule has 1 unspecified atom stereocenters. The zero-order chi connectivity index (χ0) is 14.7. The molecule has 0 radical (unpaired) electrons. The Morgan fingerprint density at radius 1 is 1.47 bits per heavy atom. The molecule has 0 aromatic heterocycles. The van der Waals surface area contributed by atoms with Gasteiger partial charge in [-0.3, -0.25) is 9.69 Å². The quantitative estimate of drug-likeness (QED) is 0.619. The van der Waals surface area contributed by atoms with Crippen LogP contribution in [-0.4, -0.2) is 41.8 Å². The number of aliphatic carboxylic acids is 1. The lowest BCUT2D eigenvalue weighted by Crippen LogP contribution is -2.44. The molecule has 0 fully saturated rings. The maximum Gasteiger partial charge on any atom is 0.325 e. The van der Waals surface area contributed by atoms with Crippen molar-refractivity contribution in [2.45, 2.75) is 32.7 Å². The number of allylic oxidation sites excluding steroid dienone is 3. The molecular formula is C15H24FNO2. The van der Waals surface area contributed by atoms with E-state index < -0.39 is 18.7 Å². The smallest absolute Gasteiger partial charge is 0.325 e. The lowest BCUT2D eigenvalue weighted by atomic mass is 10.0. The number of hydrogen-bond donors (Lipinski definition) is 1. The summed E-state index contributed by atoms with van der Waals surface area (Å²) in [6.45, 7) is 7.59. The van der Waals surface area contributed by atoms with Crippen molar-refractivity contribution in [3.8, 4) is 0 Å². The van der Waals surface area contributed by atoms with Crippen LogP contribution >= 0.6 is 0 Å². The van der Waals surface area contributed by atoms with Crippen molar-refractivity contribution in [3.63, 3.8) is 0 Å². The SMILES string of the molecule is C=C/C=C(\C=C/C)C(C(=O)O)N(CCF)CCCC. The number of carboxylic acids is 1. The number of carbonyl (C=O) groups is 1. The fourth-order valence-corrected chi connectivity index (χ4v) is 1.92. The number of halogens is 1. The molecule has 0 rings (SSSR count). The molecular weight excluding hydrogens is 245 g/mol. The highest BCUT2D eigenvalue weighted by Crippen LogP contribution is 2.15. The number of hydrogen-bond acceptors (Lipinski definition) is 2. The largest absolute Gasteiger partial charge is 0.480 e. The molecule has 0 aromatic rings. The molecule has 0 saturated heterocycles. The van der Waals surface area contributed by atoms with Gasteiger partial charge in [-0.05, 0) is 25.5 Å². The fraction of sp³-hybridized carbons (Fsp3) is 0.533. The zero-order valence-corrected chi connectivity index (χ0v) is 11.8. The second kappa shape index (κ2) is 10.5. The van der Waals surface area contributed by atoms with Gasteiger partial charge in [0.1, 0.15) is 12.7 Å². The van der Waals surface area contributed by atoms with Gasteiger partial charge in [-0.25, -0.2) is 4.39 Å². The average molecular weight is 269 g/mol. The molecule has 0 amide bonds. The highest BCUT2D eigenvalue weighted by atomic mass is 19.1. The van der Waals surface area contributed by atoms with Crippen LogP contribution in [0.25, 0.3) is 0 Å². The number of nitrogens with zero attached hydrogens (tertiary/aromatic N) is 1. The van der Waals surface area contributed by atoms with E-state index in [4.69, 9.17) is 0 Å². The van der Waals surface area contributed by atoms with E-state index in [2.05, 4.69) is 6.58 Å². The lowest BCUT2D eigenvalue weighted by molar-refractivity contribution is -0.141. The standard InChI is InChI=1S/C15H24FNO2/c1-4-7-11-17(12-10-16)14(15(18)19)13(8-5-2)9-6-3/h5-6,8-9,14H,2,4,7,10-12H2,1,3H3,(H,18,19)/b9-6-,13-8+. The molecule has 0 aliphatic carbocycles. The van der Waals surface area contributed by atoms with Crippen molar-refractivity contribution in [3.05, 3.63) is 36.5 Å². The molecule has 0 aromatic carbocycles. The molecule has 4 heteroatoms. The summed E-state index contributed by atoms with van der Waals surface area (Å²) in [5.74, 6) is -0.962. The van der Waals surface area contributed by atoms with Crippen LogP contribution in [0.5, 0.6) is 0 Å². The second-order valence-electron chi connectivity index (χ2n) is 4.22. The molecule has 3 nitrogen and oxygen atoms in total. The van der Waals surface area contributed by atoms with Crippen LogP contribution in [0.2, 0.25) is 0 Å². The Labute approximate surface area is 115 Å². The van der Waals surface area contributed by atoms with Gasteiger partial charge < -0.3 is 5.11 Å². The molecule has 0 heterocycles. The molecule has 1 atom stereocenters. The highest BCUT2D eigenvalue weighted by Gasteiger charge is 2.27. The summed E-state index contributed by atoms with van der Waals surface area (Å²) in [7, 11) is 0. The van der Waals surface area contributed by atoms with Gasteiger partial charge >= 0.3 is 5.97 Å². The third kappa shape index (κ3) is 6.34. The van der Waals surface area contributed by atoms with E-state index in [0.717, 1.165) is 12.8 Å². The minimum atomic E-state index is -0.962. The summed E-state index contributed by atoms with van der Waals surface area (Å²) in [5, 5.41) is 9.42. The van der Waals surface area contributed by atoms with Gasteiger partial charge in [-0.15, -0.1) is 0 Å². The van der Waals surface area contributed by atoms with Crippen LogP contribution in [0.3, 0.4) is 0 Å². The van der Waals surface area contributed by atoms with Crippen LogP contribution < -0.4 is 0 Å². The van der Waals surface area contributed by atoms with Gasteiger partial charge in [0.25, 0.3) is 0 Å². The maximum atomic E-state index is 12.6. The zero-order valence-electron chi connectivity index (χ0n) is 11.8. The topological polar surface area (TPSA) is 40.5 Å². The molecule has 0 aliphatic rings. The van der Waals surface area contributed by atoms with Gasteiger partial charge in [0, 0.05) is 6.54 Å². The maximum absolute atomic E-state index is 12.6. The number of rotatable bonds is 10. The van der Waals surface area contributed by atoms with E-state index in [1.54, 1.807) is 29.2 Å². The Morgan fingerprint density at radius 2 is 2.16 bits per heavy atom. The Bertz CT molecular complexity index is 337. The van der Waals surface area contributed by atoms with E-state index in [0.29, 0.717) is 12.1 Å². The average Bonchev–Trinajstić information content (AvgIpc) is 2.36. The van der Waals surface area contributed by atoms with Crippen LogP contribution in [0, 0.1) is 0 Å². The summed E-state index contributed by atoms with van der Waals surface area (Å²) in [6, 6.07) is -0.823. The second-order valence-corrected chi connectivity index (χ2v) is 4.22. The monoisotopic (exact) mass is 269 g/mol. The first-order valence-corrected chi connectivity index (χ1v) is 6.60. The molecule has 0 aliphatic heterocycles. The minimum absolute atomic E-state index is 0.128. The van der Waals surface area contributed by atoms with Crippen molar-refractivity contribution in [1.82, 2.24) is 4.90 Å². The fourth-order valence-electron chi connectivity index (χ4n) is 1.92. The summed E-state index contributed by atoms with van der Waals surface area (Å²) in [6.07, 6.45) is 8.52. The minimum Gasteiger partial charge on any atom is -0.480 e. The van der Waals surface area contributed by atoms with Crippen LogP contribution in [0.1, 0.15) is 26.7 Å². The van der Waals surface area contributed by atoms with E-state index in [-0.39, 0.29) is 6.54 Å². The van der Waals surface area contributed by atoms with Crippen molar-refractivity contribution in [2.75, 3.05) is 19.8 Å². The number of unbranched alkanes of at least 4 members (excludes halogenated alkanes) is 1. The molecule has 0 saturated carbocycles. The lowest BCUT2D eigenvalue weighted by Gasteiger charge is -2.28. The summed E-state index contributed by atoms with van der Waals surface area (Å²) < 4.78 is 12.6. The van der Waals surface area contributed by atoms with E-state index in [9.17, 15) is 14.3 Å². The summed E-state index contributed by atoms with van der Waals surface area (Å²) >= 11 is 0. The predicted octanol–water partition coefficient (Wildman–Crippen LogP) is 3.20. The van der Waals surface area contributed by atoms with Crippen molar-refractivity contribution >= 4 is 5.97 Å². The molecule has 1 N–H and O–H groups in total. The molecule has 0 bridgehead atoms. The Balaban J connectivity index is 5.25. The Morgan fingerprint density at radius 3 is 2.58 bits per heavy atom. The first-order chi connectivity index (χ1) is 9.12. The van der Waals surface area contributed by atoms with Crippen LogP contribution in [0.15, 0.2) is 36.5 Å². The Hall–Kier alpha value is -1.42. The van der Waals surface area contributed by atoms with Crippen molar-refractivity contribution in [1.29, 1.82) is 0 Å². The highest BCUT2D eigenvalue weighted by molar-refractivity contribution is 5.78. The molecule has 19 heavy (non-hydrogen) atoms. The summed E-state index contributed by atoms with van der Waals surface area (Å²) in [5.41, 5.74) is 0.620. The third-order valence-electron chi connectivity index (χ3n) is 2.75. The number of alkyl halides is 1. The molecule has 0 spiro atoms. The normalized spacial score (nSPS) is 14.0. The van der Waals surface area contributed by atoms with Crippen molar-refractivity contribution < 1.29 is 14.3 Å². The van der Waals surface area contributed by atoms with E-state index in [1.807, 2.05) is 13.8 Å². The van der Waals surface area contributed by atoms with Gasteiger partial charge in [0.15, 0.2) is 0 Å². The number of carboxylic acid groups (broad SMARTS) is 1. The predicted molar refractivity (Wildman–Crippen MR) is 77.0 cm³/mol. The van der Waals surface area contributed by atoms with E-state index in [1.165, 1.54) is 0 Å². The molecule has 108 valence electrons. The third-order valence-corrected chi connectivity index (χ3v) is 2.75. The van der Waals surface area contributed by atoms with Gasteiger partial charge in [-0.1, -0.05) is 44.2 Å². The first kappa shape index (κ1) is 17.6. The van der Waals surface area contributed by atoms with E-state index >= 15 is 0 Å². The summed E-state index contributed by atoms with van der Waals surface area (Å²) in [4.78, 5) is 13.2. The van der Waals surface area contributed by atoms with Gasteiger partial charge in [0.2, 0.25) is 0 Å². The van der Waals surface area contributed by atoms with Crippen LogP contribution in [-0.2, 0) is 4.79 Å². The first-order valence-electron chi connectivity index (χ1n) is 6.60. The van der Waals surface area contributed by atoms with Gasteiger partial charge in [0.05, 0.1) is 0 Å². The van der Waals surface area contributed by atoms with Crippen molar-refractivity contribution in [2.24, 2.45) is 0 Å².